The van der Waals surface area contributed by atoms with E-state index >= 15 is 0 Å². The molecule has 0 saturated heterocycles. The Kier molecular flexibility index (Phi) is 5.64. The van der Waals surface area contributed by atoms with E-state index in [0.717, 1.165) is 0 Å². The molecule has 0 aliphatic carbocycles. The van der Waals surface area contributed by atoms with E-state index in [-0.39, 0.29) is 6.61 Å². The second kappa shape index (κ2) is 5.83. The molecule has 0 atom stereocenters. The maximum absolute atomic E-state index is 8.42. The maximum atomic E-state index is 8.42. The van der Waals surface area contributed by atoms with Crippen molar-refractivity contribution in [1.82, 2.24) is 0 Å². The van der Waals surface area contributed by atoms with Crippen LogP contribution in [0.2, 0.25) is 0 Å². The summed E-state index contributed by atoms with van der Waals surface area (Å²) in [6, 6.07) is 0. The van der Waals surface area contributed by atoms with E-state index in [1.54, 1.807) is 0 Å². The summed E-state index contributed by atoms with van der Waals surface area (Å²) in [6.45, 7) is 4.50. The van der Waals surface area contributed by atoms with Gasteiger partial charge in [-0.3, -0.25) is 0 Å². The normalized spacial score (nSPS) is 11.6. The molecule has 0 saturated carbocycles. The molecular weight excluding hydrogens is 112 g/mol. The molecular formula is C8H16O. The molecule has 0 spiro atoms. The van der Waals surface area contributed by atoms with Gasteiger partial charge in [0.15, 0.2) is 0 Å². The third kappa shape index (κ3) is 4.22. The molecule has 9 heavy (non-hydrogen) atoms. The molecule has 0 unspecified atom stereocenters. The second-order valence-electron chi connectivity index (χ2n) is 2.19. The molecule has 0 aromatic carbocycles. The van der Waals surface area contributed by atoms with Crippen molar-refractivity contribution in [2.24, 2.45) is 5.92 Å². The van der Waals surface area contributed by atoms with E-state index in [1.807, 2.05) is 6.08 Å². The van der Waals surface area contributed by atoms with Gasteiger partial charge in [-0.25, -0.2) is 0 Å². The maximum Gasteiger partial charge on any atom is 0.0612 e. The Hall–Kier alpha value is -0.300. The van der Waals surface area contributed by atoms with Gasteiger partial charge in [0.1, 0.15) is 0 Å². The zero-order valence-corrected chi connectivity index (χ0v) is 6.30. The Morgan fingerprint density at radius 2 is 1.89 bits per heavy atom. The SMILES string of the molecule is CCC(C=CCO)CC. The van der Waals surface area contributed by atoms with Crippen LogP contribution >= 0.6 is 0 Å². The van der Waals surface area contributed by atoms with Crippen molar-refractivity contribution in [3.63, 3.8) is 0 Å². The number of hydrogen-bond acceptors (Lipinski definition) is 1. The summed E-state index contributed by atoms with van der Waals surface area (Å²) in [5, 5.41) is 8.42. The molecule has 1 nitrogen and oxygen atoms in total. The Labute approximate surface area is 57.4 Å². The second-order valence-corrected chi connectivity index (χ2v) is 2.19. The van der Waals surface area contributed by atoms with Crippen molar-refractivity contribution < 1.29 is 5.11 Å². The van der Waals surface area contributed by atoms with Crippen molar-refractivity contribution >= 4 is 0 Å². The number of aliphatic hydroxyl groups is 1. The molecule has 1 heteroatoms. The first-order valence-electron chi connectivity index (χ1n) is 3.62. The third-order valence-electron chi connectivity index (χ3n) is 1.56. The zero-order chi connectivity index (χ0) is 7.11. The van der Waals surface area contributed by atoms with E-state index in [0.29, 0.717) is 5.92 Å². The Balaban J connectivity index is 3.41. The van der Waals surface area contributed by atoms with Crippen LogP contribution in [0.4, 0.5) is 0 Å². The van der Waals surface area contributed by atoms with Crippen LogP contribution in [-0.2, 0) is 0 Å². The first kappa shape index (κ1) is 8.70. The van der Waals surface area contributed by atoms with Gasteiger partial charge in [-0.1, -0.05) is 26.0 Å². The van der Waals surface area contributed by atoms with Crippen LogP contribution in [0.1, 0.15) is 26.7 Å². The average Bonchev–Trinajstić information content (AvgIpc) is 1.91. The van der Waals surface area contributed by atoms with Gasteiger partial charge in [-0.15, -0.1) is 0 Å². The molecule has 1 N–H and O–H groups in total. The van der Waals surface area contributed by atoms with Crippen LogP contribution < -0.4 is 0 Å². The summed E-state index contributed by atoms with van der Waals surface area (Å²) in [5.74, 6) is 0.664. The minimum atomic E-state index is 0.177. The van der Waals surface area contributed by atoms with Crippen molar-refractivity contribution in [3.8, 4) is 0 Å². The van der Waals surface area contributed by atoms with Crippen molar-refractivity contribution in [2.75, 3.05) is 6.61 Å². The molecule has 0 rings (SSSR count). The summed E-state index contributed by atoms with van der Waals surface area (Å²) >= 11 is 0. The fourth-order valence-corrected chi connectivity index (χ4v) is 0.814. The van der Waals surface area contributed by atoms with Crippen LogP contribution in [0.15, 0.2) is 12.2 Å². The van der Waals surface area contributed by atoms with Gasteiger partial charge in [0.05, 0.1) is 6.61 Å². The predicted molar refractivity (Wildman–Crippen MR) is 40.3 cm³/mol. The third-order valence-corrected chi connectivity index (χ3v) is 1.56. The van der Waals surface area contributed by atoms with Gasteiger partial charge in [-0.2, -0.15) is 0 Å². The monoisotopic (exact) mass is 128 g/mol. The van der Waals surface area contributed by atoms with E-state index in [9.17, 15) is 0 Å². The number of hydrogen-bond donors (Lipinski definition) is 1. The minimum Gasteiger partial charge on any atom is -0.392 e. The highest BCUT2D eigenvalue weighted by Gasteiger charge is 1.94. The van der Waals surface area contributed by atoms with E-state index < -0.39 is 0 Å². The average molecular weight is 128 g/mol. The molecule has 0 aromatic heterocycles. The van der Waals surface area contributed by atoms with Gasteiger partial charge in [0, 0.05) is 0 Å². The van der Waals surface area contributed by atoms with Crippen molar-refractivity contribution in [3.05, 3.63) is 12.2 Å². The topological polar surface area (TPSA) is 20.2 Å². The van der Waals surface area contributed by atoms with Gasteiger partial charge in [-0.05, 0) is 18.8 Å². The summed E-state index contributed by atoms with van der Waals surface area (Å²) < 4.78 is 0. The largest absolute Gasteiger partial charge is 0.392 e. The minimum absolute atomic E-state index is 0.177. The molecule has 0 bridgehead atoms. The van der Waals surface area contributed by atoms with Gasteiger partial charge >= 0.3 is 0 Å². The van der Waals surface area contributed by atoms with Crippen LogP contribution in [0.5, 0.6) is 0 Å². The Morgan fingerprint density at radius 1 is 1.33 bits per heavy atom. The molecule has 54 valence electrons. The predicted octanol–water partition coefficient (Wildman–Crippen LogP) is 1.97. The van der Waals surface area contributed by atoms with E-state index in [1.165, 1.54) is 12.8 Å². The Morgan fingerprint density at radius 3 is 2.22 bits per heavy atom. The molecule has 0 aliphatic heterocycles. The first-order valence-corrected chi connectivity index (χ1v) is 3.62. The fourth-order valence-electron chi connectivity index (χ4n) is 0.814. The van der Waals surface area contributed by atoms with Crippen LogP contribution in [-0.4, -0.2) is 11.7 Å². The van der Waals surface area contributed by atoms with Gasteiger partial charge in [0.25, 0.3) is 0 Å². The van der Waals surface area contributed by atoms with Gasteiger partial charge < -0.3 is 5.11 Å². The molecule has 0 radical (unpaired) electrons. The lowest BCUT2D eigenvalue weighted by Gasteiger charge is -2.03. The smallest absolute Gasteiger partial charge is 0.0612 e. The van der Waals surface area contributed by atoms with Gasteiger partial charge in [0.2, 0.25) is 0 Å². The fraction of sp³-hybridized carbons (Fsp3) is 0.750. The molecule has 0 heterocycles. The Bertz CT molecular complexity index is 72.6. The highest BCUT2D eigenvalue weighted by atomic mass is 16.2. The highest BCUT2D eigenvalue weighted by Crippen LogP contribution is 2.07. The molecule has 0 amide bonds. The zero-order valence-electron chi connectivity index (χ0n) is 6.30. The summed E-state index contributed by atoms with van der Waals surface area (Å²) in [5.41, 5.74) is 0. The van der Waals surface area contributed by atoms with E-state index in [4.69, 9.17) is 5.11 Å². The van der Waals surface area contributed by atoms with Crippen molar-refractivity contribution in [1.29, 1.82) is 0 Å². The highest BCUT2D eigenvalue weighted by molar-refractivity contribution is 4.86. The lowest BCUT2D eigenvalue weighted by atomic mass is 10.0. The summed E-state index contributed by atoms with van der Waals surface area (Å²) in [7, 11) is 0. The quantitative estimate of drug-likeness (QED) is 0.574. The number of allylic oxidation sites excluding steroid dienone is 1. The van der Waals surface area contributed by atoms with Crippen molar-refractivity contribution in [2.45, 2.75) is 26.7 Å². The van der Waals surface area contributed by atoms with E-state index in [2.05, 4.69) is 19.9 Å². The lowest BCUT2D eigenvalue weighted by Crippen LogP contribution is -1.90. The summed E-state index contributed by atoms with van der Waals surface area (Å²) in [6.07, 6.45) is 6.25. The standard InChI is InChI=1S/C8H16O/c1-3-8(4-2)6-5-7-9/h5-6,8-9H,3-4,7H2,1-2H3. The molecule has 0 aromatic rings. The first-order chi connectivity index (χ1) is 4.35. The molecule has 0 aliphatic rings. The number of aliphatic hydroxyl groups excluding tert-OH is 1. The molecule has 0 fully saturated rings. The van der Waals surface area contributed by atoms with Crippen LogP contribution in [0, 0.1) is 5.92 Å². The lowest BCUT2D eigenvalue weighted by molar-refractivity contribution is 0.341. The van der Waals surface area contributed by atoms with Crippen LogP contribution in [0.25, 0.3) is 0 Å². The summed E-state index contributed by atoms with van der Waals surface area (Å²) in [4.78, 5) is 0. The number of rotatable bonds is 4. The van der Waals surface area contributed by atoms with Crippen LogP contribution in [0.3, 0.4) is 0 Å².